The average molecular weight is 400 g/mol. The number of hydrogen-bond acceptors (Lipinski definition) is 4. The Morgan fingerprint density at radius 2 is 1.86 bits per heavy atom. The minimum Gasteiger partial charge on any atom is -0.467 e. The van der Waals surface area contributed by atoms with Crippen LogP contribution in [0.15, 0.2) is 71.6 Å². The van der Waals surface area contributed by atoms with Gasteiger partial charge in [0, 0.05) is 0 Å². The third kappa shape index (κ3) is 3.94. The summed E-state index contributed by atoms with van der Waals surface area (Å²) in [5.74, 6) is -0.441. The van der Waals surface area contributed by atoms with Crippen molar-refractivity contribution >= 4 is 17.0 Å². The fraction of sp³-hybridized carbons (Fsp3) is 0.318. The highest BCUT2D eigenvalue weighted by Crippen LogP contribution is 2.46. The molecule has 0 saturated carbocycles. The Morgan fingerprint density at radius 1 is 1.18 bits per heavy atom. The van der Waals surface area contributed by atoms with E-state index in [1.165, 1.54) is 7.11 Å². The quantitative estimate of drug-likeness (QED) is 0.388. The number of ether oxygens (including phenoxy) is 2. The first-order valence-corrected chi connectivity index (χ1v) is 10.3. The minimum atomic E-state index is -1.50. The lowest BCUT2D eigenvalue weighted by molar-refractivity contribution is -0.146. The third-order valence-electron chi connectivity index (χ3n) is 4.82. The zero-order valence-electron chi connectivity index (χ0n) is 16.3. The maximum absolute atomic E-state index is 13.2. The summed E-state index contributed by atoms with van der Waals surface area (Å²) in [5, 5.41) is 0. The summed E-state index contributed by atoms with van der Waals surface area (Å²) >= 11 is 0. The van der Waals surface area contributed by atoms with Crippen LogP contribution < -0.4 is 0 Å². The van der Waals surface area contributed by atoms with Gasteiger partial charge in [0.05, 0.1) is 31.3 Å². The van der Waals surface area contributed by atoms with Crippen LogP contribution in [0.25, 0.3) is 0 Å². The van der Waals surface area contributed by atoms with E-state index in [1.807, 2.05) is 80.6 Å². The Labute approximate surface area is 168 Å². The molecule has 1 aliphatic rings. The van der Waals surface area contributed by atoms with Crippen molar-refractivity contribution < 1.29 is 18.5 Å². The van der Waals surface area contributed by atoms with E-state index in [1.54, 1.807) is 4.31 Å². The van der Waals surface area contributed by atoms with Gasteiger partial charge >= 0.3 is 5.97 Å². The Bertz CT molecular complexity index is 866. The SMILES string of the molecule is C/C=C/[C@@H]1N(S(=O)c2ccc(C)cc2)[C@@]1(COCc1ccccc1)C(=O)OC. The highest BCUT2D eigenvalue weighted by Gasteiger charge is 2.71. The Morgan fingerprint density at radius 3 is 2.46 bits per heavy atom. The van der Waals surface area contributed by atoms with Crippen LogP contribution in [-0.2, 0) is 31.9 Å². The topological polar surface area (TPSA) is 55.6 Å². The fourth-order valence-corrected chi connectivity index (χ4v) is 4.79. The third-order valence-corrected chi connectivity index (χ3v) is 6.40. The molecule has 5 nitrogen and oxygen atoms in total. The second-order valence-electron chi connectivity index (χ2n) is 6.75. The Kier molecular flexibility index (Phi) is 6.44. The number of esters is 1. The number of aryl methyl sites for hydroxylation is 1. The van der Waals surface area contributed by atoms with Crippen molar-refractivity contribution in [3.63, 3.8) is 0 Å². The zero-order valence-corrected chi connectivity index (χ0v) is 17.1. The molecule has 2 aromatic rings. The van der Waals surface area contributed by atoms with E-state index < -0.39 is 22.5 Å². The van der Waals surface area contributed by atoms with E-state index in [2.05, 4.69) is 0 Å². The number of benzene rings is 2. The van der Waals surface area contributed by atoms with Gasteiger partial charge in [0.15, 0.2) is 5.54 Å². The Balaban J connectivity index is 1.83. The van der Waals surface area contributed by atoms with Gasteiger partial charge < -0.3 is 9.47 Å². The summed E-state index contributed by atoms with van der Waals surface area (Å²) < 4.78 is 25.8. The highest BCUT2D eigenvalue weighted by molar-refractivity contribution is 7.83. The molecule has 2 aromatic carbocycles. The van der Waals surface area contributed by atoms with E-state index in [0.29, 0.717) is 11.5 Å². The molecule has 1 saturated heterocycles. The molecule has 2 unspecified atom stereocenters. The van der Waals surface area contributed by atoms with Gasteiger partial charge in [-0.1, -0.05) is 60.2 Å². The highest BCUT2D eigenvalue weighted by atomic mass is 32.2. The molecule has 0 N–H and O–H groups in total. The van der Waals surface area contributed by atoms with Crippen molar-refractivity contribution in [1.29, 1.82) is 0 Å². The van der Waals surface area contributed by atoms with Crippen LogP contribution in [-0.4, -0.2) is 39.8 Å². The molecule has 6 heteroatoms. The predicted molar refractivity (Wildman–Crippen MR) is 109 cm³/mol. The van der Waals surface area contributed by atoms with Gasteiger partial charge in [0.2, 0.25) is 0 Å². The van der Waals surface area contributed by atoms with Gasteiger partial charge in [-0.3, -0.25) is 0 Å². The monoisotopic (exact) mass is 399 g/mol. The second kappa shape index (κ2) is 8.82. The number of carbonyl (C=O) groups excluding carboxylic acids is 1. The van der Waals surface area contributed by atoms with Crippen LogP contribution in [0.4, 0.5) is 0 Å². The molecule has 3 rings (SSSR count). The molecule has 1 heterocycles. The maximum atomic E-state index is 13.2. The van der Waals surface area contributed by atoms with Crippen molar-refractivity contribution in [1.82, 2.24) is 4.31 Å². The van der Waals surface area contributed by atoms with Crippen molar-refractivity contribution in [2.75, 3.05) is 13.7 Å². The number of allylic oxidation sites excluding steroid dienone is 1. The van der Waals surface area contributed by atoms with Gasteiger partial charge in [0.25, 0.3) is 0 Å². The number of carbonyl (C=O) groups is 1. The Hall–Kier alpha value is -2.28. The molecule has 28 heavy (non-hydrogen) atoms. The van der Waals surface area contributed by atoms with Crippen LogP contribution in [0.1, 0.15) is 18.1 Å². The standard InChI is InChI=1S/C22H25NO4S/c1-4-8-20-22(21(24)26-3,16-27-15-18-9-6-5-7-10-18)23(20)28(25)19-13-11-17(2)12-14-19/h4-14,20H,15-16H2,1-3H3/b8-4+/t20-,22+,23?,28?/m0/s1. The lowest BCUT2D eigenvalue weighted by Crippen LogP contribution is -2.37. The first kappa shape index (κ1) is 20.5. The zero-order chi connectivity index (χ0) is 20.1. The molecule has 1 fully saturated rings. The smallest absolute Gasteiger partial charge is 0.331 e. The van der Waals surface area contributed by atoms with E-state index >= 15 is 0 Å². The average Bonchev–Trinajstić information content (AvgIpc) is 3.36. The van der Waals surface area contributed by atoms with Gasteiger partial charge in [-0.25, -0.2) is 9.00 Å². The van der Waals surface area contributed by atoms with Crippen molar-refractivity contribution in [3.8, 4) is 0 Å². The molecule has 0 aromatic heterocycles. The maximum Gasteiger partial charge on any atom is 0.331 e. The van der Waals surface area contributed by atoms with Crippen LogP contribution in [0.5, 0.6) is 0 Å². The molecule has 0 aliphatic carbocycles. The normalized spacial score (nSPS) is 24.8. The van der Waals surface area contributed by atoms with Crippen LogP contribution in [0, 0.1) is 6.92 Å². The van der Waals surface area contributed by atoms with Crippen LogP contribution in [0.2, 0.25) is 0 Å². The van der Waals surface area contributed by atoms with Crippen molar-refractivity contribution in [2.45, 2.75) is 36.9 Å². The number of nitrogens with zero attached hydrogens (tertiary/aromatic N) is 1. The van der Waals surface area contributed by atoms with E-state index in [-0.39, 0.29) is 12.6 Å². The molecule has 0 radical (unpaired) electrons. The van der Waals surface area contributed by atoms with Gasteiger partial charge in [-0.15, -0.1) is 0 Å². The molecule has 0 bridgehead atoms. The molecule has 0 amide bonds. The first-order valence-electron chi connectivity index (χ1n) is 9.15. The lowest BCUT2D eigenvalue weighted by atomic mass is 10.1. The van der Waals surface area contributed by atoms with Gasteiger partial charge in [0.1, 0.15) is 11.0 Å². The summed E-state index contributed by atoms with van der Waals surface area (Å²) in [6, 6.07) is 16.9. The summed E-state index contributed by atoms with van der Waals surface area (Å²) in [6.07, 6.45) is 3.72. The van der Waals surface area contributed by atoms with Gasteiger partial charge in [-0.2, -0.15) is 4.31 Å². The predicted octanol–water partition coefficient (Wildman–Crippen LogP) is 3.41. The lowest BCUT2D eigenvalue weighted by Gasteiger charge is -2.15. The minimum absolute atomic E-state index is 0.0984. The van der Waals surface area contributed by atoms with Gasteiger partial charge in [-0.05, 0) is 31.5 Å². The van der Waals surface area contributed by atoms with E-state index in [0.717, 1.165) is 11.1 Å². The second-order valence-corrected chi connectivity index (χ2v) is 8.12. The molecular weight excluding hydrogens is 374 g/mol. The van der Waals surface area contributed by atoms with Crippen molar-refractivity contribution in [2.24, 2.45) is 0 Å². The molecule has 148 valence electrons. The first-order chi connectivity index (χ1) is 13.5. The molecule has 0 spiro atoms. The summed E-state index contributed by atoms with van der Waals surface area (Å²) in [7, 11) is -0.156. The fourth-order valence-electron chi connectivity index (χ4n) is 3.26. The number of rotatable bonds is 8. The van der Waals surface area contributed by atoms with E-state index in [4.69, 9.17) is 9.47 Å². The van der Waals surface area contributed by atoms with Crippen molar-refractivity contribution in [3.05, 3.63) is 77.9 Å². The van der Waals surface area contributed by atoms with Crippen LogP contribution >= 0.6 is 0 Å². The van der Waals surface area contributed by atoms with E-state index in [9.17, 15) is 9.00 Å². The summed E-state index contributed by atoms with van der Waals surface area (Å²) in [5.41, 5.74) is 1.00. The summed E-state index contributed by atoms with van der Waals surface area (Å²) in [4.78, 5) is 13.4. The van der Waals surface area contributed by atoms with Crippen LogP contribution in [0.3, 0.4) is 0 Å². The number of methoxy groups -OCH3 is 1. The molecule has 1 aliphatic heterocycles. The summed E-state index contributed by atoms with van der Waals surface area (Å²) in [6.45, 7) is 4.31. The molecular formula is C22H25NO4S. The largest absolute Gasteiger partial charge is 0.467 e. The number of hydrogen-bond donors (Lipinski definition) is 0. The molecule has 4 atom stereocenters.